The highest BCUT2D eigenvalue weighted by Gasteiger charge is 2.28. The number of aliphatic hydroxyl groups excluding tert-OH is 1. The van der Waals surface area contributed by atoms with Gasteiger partial charge in [-0.05, 0) is 57.8 Å². The molecule has 0 aromatic carbocycles. The van der Waals surface area contributed by atoms with Crippen molar-refractivity contribution in [2.45, 2.75) is 328 Å². The van der Waals surface area contributed by atoms with Crippen LogP contribution >= 0.6 is 7.82 Å². The molecule has 0 aliphatic carbocycles. The number of nitrogens with one attached hydrogen (secondary N) is 1. The van der Waals surface area contributed by atoms with Gasteiger partial charge in [0.25, 0.3) is 0 Å². The Hall–Kier alpha value is -1.54. The Morgan fingerprint density at radius 2 is 0.760 bits per heavy atom. The lowest BCUT2D eigenvalue weighted by atomic mass is 10.0. The first-order chi connectivity index (χ1) is 36.5. The van der Waals surface area contributed by atoms with Crippen LogP contribution in [0.4, 0.5) is 0 Å². The van der Waals surface area contributed by atoms with Crippen molar-refractivity contribution in [3.05, 3.63) is 48.6 Å². The van der Waals surface area contributed by atoms with Crippen molar-refractivity contribution in [1.82, 2.24) is 5.32 Å². The zero-order valence-corrected chi connectivity index (χ0v) is 51.4. The van der Waals surface area contributed by atoms with Gasteiger partial charge in [-0.1, -0.05) is 300 Å². The number of nitrogens with zero attached hydrogens (tertiary/aromatic N) is 1. The number of amides is 1. The molecule has 8 nitrogen and oxygen atoms in total. The number of phosphoric ester groups is 1. The minimum atomic E-state index is -4.36. The summed E-state index contributed by atoms with van der Waals surface area (Å²) >= 11 is 0. The SMILES string of the molecule is CCCCCCC/C=C\C/C=C\C/C=C\CCCCCCCCC(=O)NC(COP(=O)(O)OCC[N+](C)(C)C)C(O)/C=C/CCCCCCCCCCCCCCCCCCCCCCCCCCCCCCCC. The van der Waals surface area contributed by atoms with E-state index in [2.05, 4.69) is 55.6 Å². The van der Waals surface area contributed by atoms with Crippen LogP contribution in [0.1, 0.15) is 316 Å². The van der Waals surface area contributed by atoms with Gasteiger partial charge in [0.05, 0.1) is 39.9 Å². The van der Waals surface area contributed by atoms with Crippen LogP contribution < -0.4 is 5.32 Å². The Balaban J connectivity index is 4.11. The molecule has 0 radical (unpaired) electrons. The highest BCUT2D eigenvalue weighted by atomic mass is 31.2. The van der Waals surface area contributed by atoms with Crippen LogP contribution in [-0.2, 0) is 18.4 Å². The summed E-state index contributed by atoms with van der Waals surface area (Å²) in [5.74, 6) is -0.186. The maximum atomic E-state index is 13.0. The smallest absolute Gasteiger partial charge is 0.387 e. The van der Waals surface area contributed by atoms with Crippen molar-refractivity contribution in [3.8, 4) is 0 Å². The van der Waals surface area contributed by atoms with Crippen molar-refractivity contribution in [1.29, 1.82) is 0 Å². The Morgan fingerprint density at radius 3 is 1.11 bits per heavy atom. The largest absolute Gasteiger partial charge is 0.472 e. The molecule has 0 heterocycles. The van der Waals surface area contributed by atoms with Crippen LogP contribution in [0, 0.1) is 0 Å². The number of carbonyl (C=O) groups excluding carboxylic acids is 1. The van der Waals surface area contributed by atoms with E-state index in [9.17, 15) is 19.4 Å². The van der Waals surface area contributed by atoms with Crippen molar-refractivity contribution >= 4 is 13.7 Å². The fourth-order valence-corrected chi connectivity index (χ4v) is 10.4. The van der Waals surface area contributed by atoms with Crippen LogP contribution in [0.5, 0.6) is 0 Å². The van der Waals surface area contributed by atoms with Crippen LogP contribution in [-0.4, -0.2) is 73.4 Å². The van der Waals surface area contributed by atoms with E-state index in [0.29, 0.717) is 17.4 Å². The molecule has 1 amide bonds. The molecule has 0 rings (SSSR count). The van der Waals surface area contributed by atoms with Crippen molar-refractivity contribution < 1.29 is 32.9 Å². The van der Waals surface area contributed by atoms with Crippen LogP contribution in [0.25, 0.3) is 0 Å². The molecule has 0 aromatic heterocycles. The molecule has 0 aliphatic rings. The van der Waals surface area contributed by atoms with Gasteiger partial charge >= 0.3 is 7.82 Å². The Kier molecular flexibility index (Phi) is 56.0. The Bertz CT molecular complexity index is 1360. The van der Waals surface area contributed by atoms with E-state index in [4.69, 9.17) is 9.05 Å². The third kappa shape index (κ3) is 60.0. The summed E-state index contributed by atoms with van der Waals surface area (Å²) in [5.41, 5.74) is 0. The minimum Gasteiger partial charge on any atom is -0.387 e. The zero-order valence-electron chi connectivity index (χ0n) is 50.6. The van der Waals surface area contributed by atoms with Gasteiger partial charge in [0.2, 0.25) is 5.91 Å². The highest BCUT2D eigenvalue weighted by Crippen LogP contribution is 2.43. The molecular weight excluding hydrogens is 948 g/mol. The maximum Gasteiger partial charge on any atom is 0.472 e. The fourth-order valence-electron chi connectivity index (χ4n) is 9.70. The number of likely N-dealkylation sites (N-methyl/N-ethyl adjacent to an activating group) is 1. The van der Waals surface area contributed by atoms with Crippen LogP contribution in [0.2, 0.25) is 0 Å². The molecule has 0 saturated heterocycles. The molecule has 0 aromatic rings. The first kappa shape index (κ1) is 73.5. The predicted molar refractivity (Wildman–Crippen MR) is 327 cm³/mol. The van der Waals surface area contributed by atoms with Crippen molar-refractivity contribution in [3.63, 3.8) is 0 Å². The molecule has 0 fully saturated rings. The summed E-state index contributed by atoms with van der Waals surface area (Å²) in [4.78, 5) is 23.3. The number of phosphoric acid groups is 1. The molecular formula is C66H128N2O6P+. The van der Waals surface area contributed by atoms with Crippen molar-refractivity contribution in [2.75, 3.05) is 40.9 Å². The molecule has 0 saturated carbocycles. The number of aliphatic hydroxyl groups is 1. The van der Waals surface area contributed by atoms with E-state index >= 15 is 0 Å². The normalized spacial score (nSPS) is 14.1. The number of rotatable bonds is 60. The van der Waals surface area contributed by atoms with Gasteiger partial charge in [0, 0.05) is 6.42 Å². The fraction of sp³-hybridized carbons (Fsp3) is 0.864. The number of hydrogen-bond donors (Lipinski definition) is 3. The number of quaternary nitrogens is 1. The van der Waals surface area contributed by atoms with Crippen LogP contribution in [0.3, 0.4) is 0 Å². The van der Waals surface area contributed by atoms with E-state index < -0.39 is 20.0 Å². The lowest BCUT2D eigenvalue weighted by molar-refractivity contribution is -0.870. The Morgan fingerprint density at radius 1 is 0.453 bits per heavy atom. The topological polar surface area (TPSA) is 105 Å². The summed E-state index contributed by atoms with van der Waals surface area (Å²) in [6.07, 6.45) is 76.7. The predicted octanol–water partition coefficient (Wildman–Crippen LogP) is 20.3. The number of unbranched alkanes of at least 4 members (excludes halogenated alkanes) is 41. The summed E-state index contributed by atoms with van der Waals surface area (Å²) in [5, 5.41) is 14.0. The molecule has 3 atom stereocenters. The average Bonchev–Trinajstić information content (AvgIpc) is 3.37. The molecule has 442 valence electrons. The minimum absolute atomic E-state index is 0.0579. The first-order valence-electron chi connectivity index (χ1n) is 32.5. The van der Waals surface area contributed by atoms with Gasteiger partial charge < -0.3 is 19.8 Å². The standard InChI is InChI=1S/C66H127N2O6P/c1-6-8-10-12-14-16-18-20-22-24-26-28-29-30-31-32-33-34-35-36-37-38-40-41-43-45-47-49-51-53-55-57-59-65(69)64(63-74-75(71,72)73-62-61-68(3,4)5)67-66(70)60-58-56-54-52-50-48-46-44-42-39-27-25-23-21-19-17-15-13-11-9-7-2/h19,21,25,27,42,44,57,59,64-65,69H,6-18,20,22-24,26,28-41,43,45-56,58,60-63H2,1-5H3,(H-,67,70,71,72)/p+1/b21-19-,27-25-,44-42-,59-57+. The summed E-state index contributed by atoms with van der Waals surface area (Å²) in [7, 11) is 1.57. The second kappa shape index (κ2) is 57.2. The molecule has 75 heavy (non-hydrogen) atoms. The van der Waals surface area contributed by atoms with E-state index in [1.807, 2.05) is 27.2 Å². The monoisotopic (exact) mass is 1080 g/mol. The lowest BCUT2D eigenvalue weighted by Gasteiger charge is -2.25. The molecule has 3 N–H and O–H groups in total. The maximum absolute atomic E-state index is 13.0. The van der Waals surface area contributed by atoms with E-state index in [-0.39, 0.29) is 19.1 Å². The quantitative estimate of drug-likeness (QED) is 0.0243. The first-order valence-corrected chi connectivity index (χ1v) is 34.0. The summed E-state index contributed by atoms with van der Waals surface area (Å²) in [6, 6.07) is -0.857. The molecule has 0 spiro atoms. The number of hydrogen-bond acceptors (Lipinski definition) is 5. The second-order valence-corrected chi connectivity index (χ2v) is 24.9. The number of carbonyl (C=O) groups is 1. The zero-order chi connectivity index (χ0) is 54.9. The van der Waals surface area contributed by atoms with Crippen molar-refractivity contribution in [2.24, 2.45) is 0 Å². The molecule has 9 heteroatoms. The second-order valence-electron chi connectivity index (χ2n) is 23.5. The van der Waals surface area contributed by atoms with E-state index in [1.54, 1.807) is 6.08 Å². The Labute approximate surface area is 467 Å². The molecule has 0 bridgehead atoms. The van der Waals surface area contributed by atoms with Gasteiger partial charge in [0.15, 0.2) is 0 Å². The third-order valence-electron chi connectivity index (χ3n) is 14.8. The third-order valence-corrected chi connectivity index (χ3v) is 15.8. The van der Waals surface area contributed by atoms with Gasteiger partial charge in [-0.3, -0.25) is 13.8 Å². The van der Waals surface area contributed by atoms with Gasteiger partial charge in [-0.25, -0.2) is 4.57 Å². The summed E-state index contributed by atoms with van der Waals surface area (Å²) in [6.45, 7) is 4.83. The van der Waals surface area contributed by atoms with Gasteiger partial charge in [0.1, 0.15) is 13.2 Å². The lowest BCUT2D eigenvalue weighted by Crippen LogP contribution is -2.45. The van der Waals surface area contributed by atoms with Gasteiger partial charge in [-0.15, -0.1) is 0 Å². The molecule has 3 unspecified atom stereocenters. The van der Waals surface area contributed by atoms with E-state index in [1.165, 1.54) is 231 Å². The highest BCUT2D eigenvalue weighted by molar-refractivity contribution is 7.47. The average molecular weight is 1080 g/mol. The van der Waals surface area contributed by atoms with Gasteiger partial charge in [-0.2, -0.15) is 0 Å². The van der Waals surface area contributed by atoms with E-state index in [0.717, 1.165) is 64.2 Å². The summed E-state index contributed by atoms with van der Waals surface area (Å²) < 4.78 is 23.8. The molecule has 0 aliphatic heterocycles. The number of allylic oxidation sites excluding steroid dienone is 7. The van der Waals surface area contributed by atoms with Crippen LogP contribution in [0.15, 0.2) is 48.6 Å².